The van der Waals surface area contributed by atoms with Crippen LogP contribution in [0.1, 0.15) is 6.42 Å². The zero-order valence-corrected chi connectivity index (χ0v) is 4.30. The fraction of sp³-hybridized carbons (Fsp3) is 1.00. The van der Waals surface area contributed by atoms with E-state index in [1.54, 1.807) is 6.42 Å². The van der Waals surface area contributed by atoms with Crippen LogP contribution >= 0.6 is 0 Å². The van der Waals surface area contributed by atoms with Crippen LogP contribution in [0.2, 0.25) is 0 Å². The molecule has 1 saturated carbocycles. The summed E-state index contributed by atoms with van der Waals surface area (Å²) in [6, 6.07) is 1.09. The highest BCUT2D eigenvalue weighted by atomic mass is 15.4. The average molecular weight is 95.1 g/mol. The van der Waals surface area contributed by atoms with Gasteiger partial charge in [-0.3, -0.25) is 4.90 Å². The Morgan fingerprint density at radius 2 is 2.29 bits per heavy atom. The molecule has 0 radical (unpaired) electrons. The van der Waals surface area contributed by atoms with Crippen LogP contribution in [0.4, 0.5) is 0 Å². The summed E-state index contributed by atoms with van der Waals surface area (Å²) in [4.78, 5) is 2.60. The second-order valence-electron chi connectivity index (χ2n) is 3.18. The third-order valence-corrected chi connectivity index (χ3v) is 2.70. The number of rotatable bonds is 0. The molecule has 0 aromatic carbocycles. The molecule has 2 aliphatic heterocycles. The van der Waals surface area contributed by atoms with E-state index in [0.717, 1.165) is 6.04 Å². The van der Waals surface area contributed by atoms with Crippen molar-refractivity contribution in [1.82, 2.24) is 4.90 Å². The minimum Gasteiger partial charge on any atom is -0.297 e. The second-order valence-corrected chi connectivity index (χ2v) is 3.18. The maximum Gasteiger partial charge on any atom is 0.0255 e. The number of nitrogens with zero attached hydrogens (tertiary/aromatic N) is 1. The van der Waals surface area contributed by atoms with Crippen molar-refractivity contribution >= 4 is 0 Å². The van der Waals surface area contributed by atoms with Crippen molar-refractivity contribution in [2.45, 2.75) is 12.5 Å². The number of piperidine rings is 2. The van der Waals surface area contributed by atoms with Gasteiger partial charge < -0.3 is 0 Å². The predicted molar refractivity (Wildman–Crippen MR) is 27.0 cm³/mol. The average Bonchev–Trinajstić information content (AvgIpc) is 2.47. The van der Waals surface area contributed by atoms with Gasteiger partial charge in [0.25, 0.3) is 0 Å². The van der Waals surface area contributed by atoms with Gasteiger partial charge in [-0.15, -0.1) is 0 Å². The Kier molecular flexibility index (Phi) is 0.288. The van der Waals surface area contributed by atoms with Crippen LogP contribution in [0.5, 0.6) is 0 Å². The lowest BCUT2D eigenvalue weighted by molar-refractivity contribution is 0.537. The molecular weight excluding hydrogens is 86.1 g/mol. The summed E-state index contributed by atoms with van der Waals surface area (Å²) in [7, 11) is 0. The van der Waals surface area contributed by atoms with Gasteiger partial charge in [-0.05, 0) is 18.3 Å². The molecule has 0 spiro atoms. The van der Waals surface area contributed by atoms with E-state index in [2.05, 4.69) is 4.90 Å². The van der Waals surface area contributed by atoms with E-state index in [-0.39, 0.29) is 0 Å². The fourth-order valence-electron chi connectivity index (χ4n) is 2.06. The van der Waals surface area contributed by atoms with E-state index in [1.807, 2.05) is 0 Å². The molecule has 0 bridgehead atoms. The molecule has 1 nitrogen and oxygen atoms in total. The van der Waals surface area contributed by atoms with E-state index in [0.29, 0.717) is 0 Å². The van der Waals surface area contributed by atoms with Gasteiger partial charge in [-0.1, -0.05) is 0 Å². The maximum atomic E-state index is 2.60. The van der Waals surface area contributed by atoms with Crippen molar-refractivity contribution in [3.63, 3.8) is 0 Å². The predicted octanol–water partition coefficient (Wildman–Crippen LogP) is 0.320. The molecule has 0 aromatic rings. The van der Waals surface area contributed by atoms with Crippen LogP contribution in [0.15, 0.2) is 0 Å². The highest BCUT2D eigenvalue weighted by Gasteiger charge is 2.59. The van der Waals surface area contributed by atoms with Crippen molar-refractivity contribution in [2.75, 3.05) is 13.1 Å². The summed E-state index contributed by atoms with van der Waals surface area (Å²) in [5, 5.41) is 0. The summed E-state index contributed by atoms with van der Waals surface area (Å²) in [6.07, 6.45) is 1.57. The molecule has 3 aliphatic rings. The molecule has 3 fully saturated rings. The van der Waals surface area contributed by atoms with Gasteiger partial charge in [0.2, 0.25) is 0 Å². The van der Waals surface area contributed by atoms with Crippen LogP contribution in [0, 0.1) is 11.8 Å². The first kappa shape index (κ1) is 3.08. The number of fused-ring (bicyclic) bond motifs is 3. The van der Waals surface area contributed by atoms with Gasteiger partial charge in [-0.2, -0.15) is 0 Å². The van der Waals surface area contributed by atoms with Crippen molar-refractivity contribution in [3.8, 4) is 0 Å². The Morgan fingerprint density at radius 3 is 2.71 bits per heavy atom. The highest BCUT2D eigenvalue weighted by molar-refractivity contribution is 5.13. The van der Waals surface area contributed by atoms with Crippen molar-refractivity contribution in [1.29, 1.82) is 0 Å². The van der Waals surface area contributed by atoms with E-state index in [9.17, 15) is 0 Å². The van der Waals surface area contributed by atoms with Gasteiger partial charge in [0.15, 0.2) is 0 Å². The van der Waals surface area contributed by atoms with Crippen LogP contribution in [-0.4, -0.2) is 24.0 Å². The third-order valence-electron chi connectivity index (χ3n) is 2.70. The van der Waals surface area contributed by atoms with Crippen molar-refractivity contribution in [3.05, 3.63) is 0 Å². The normalized spacial score (nSPS) is 72.0. The summed E-state index contributed by atoms with van der Waals surface area (Å²) >= 11 is 0. The fourth-order valence-corrected chi connectivity index (χ4v) is 2.06. The Hall–Kier alpha value is -0.0400. The molecule has 1 heteroatoms. The molecule has 4 unspecified atom stereocenters. The highest BCUT2D eigenvalue weighted by Crippen LogP contribution is 2.55. The van der Waals surface area contributed by atoms with Crippen LogP contribution in [-0.2, 0) is 0 Å². The topological polar surface area (TPSA) is 3.01 Å². The van der Waals surface area contributed by atoms with Crippen LogP contribution < -0.4 is 0 Å². The summed E-state index contributed by atoms with van der Waals surface area (Å²) in [5.74, 6) is 2.35. The summed E-state index contributed by atoms with van der Waals surface area (Å²) in [6.45, 7) is 2.90. The van der Waals surface area contributed by atoms with Gasteiger partial charge in [-0.25, -0.2) is 0 Å². The molecule has 38 valence electrons. The standard InChI is InChI=1S/C6H9N/c1-4-2-7-3-6(7)5(1)4/h4-6H,1-3H2. The monoisotopic (exact) mass is 95.1 g/mol. The third kappa shape index (κ3) is 0.235. The Bertz CT molecular complexity index is 107. The van der Waals surface area contributed by atoms with Gasteiger partial charge >= 0.3 is 0 Å². The molecule has 0 amide bonds. The molecule has 0 N–H and O–H groups in total. The zero-order valence-electron chi connectivity index (χ0n) is 4.30. The van der Waals surface area contributed by atoms with Crippen molar-refractivity contribution in [2.24, 2.45) is 11.8 Å². The SMILES string of the molecule is C1C2CN3CC3C12. The lowest BCUT2D eigenvalue weighted by Crippen LogP contribution is -1.96. The first-order valence-corrected chi connectivity index (χ1v) is 3.19. The lowest BCUT2D eigenvalue weighted by atomic mass is 10.3. The minimum atomic E-state index is 1.09. The second kappa shape index (κ2) is 0.655. The van der Waals surface area contributed by atoms with E-state index in [1.165, 1.54) is 24.9 Å². The first-order valence-electron chi connectivity index (χ1n) is 3.19. The summed E-state index contributed by atoms with van der Waals surface area (Å²) in [5.41, 5.74) is 0. The smallest absolute Gasteiger partial charge is 0.0255 e. The summed E-state index contributed by atoms with van der Waals surface area (Å²) < 4.78 is 0. The van der Waals surface area contributed by atoms with E-state index < -0.39 is 0 Å². The Morgan fingerprint density at radius 1 is 1.29 bits per heavy atom. The van der Waals surface area contributed by atoms with Crippen LogP contribution in [0.3, 0.4) is 0 Å². The molecular formula is C6H9N. The first-order chi connectivity index (χ1) is 3.45. The molecule has 2 heterocycles. The zero-order chi connectivity index (χ0) is 4.43. The lowest BCUT2D eigenvalue weighted by Gasteiger charge is -1.88. The molecule has 1 aliphatic carbocycles. The van der Waals surface area contributed by atoms with E-state index >= 15 is 0 Å². The Balaban J connectivity index is 2.02. The van der Waals surface area contributed by atoms with E-state index in [4.69, 9.17) is 0 Å². The van der Waals surface area contributed by atoms with Crippen LogP contribution in [0.25, 0.3) is 0 Å². The molecule has 2 saturated heterocycles. The number of hydrogen-bond donors (Lipinski definition) is 0. The molecule has 4 atom stereocenters. The quantitative estimate of drug-likeness (QED) is 0.391. The molecule has 3 rings (SSSR count). The minimum absolute atomic E-state index is 1.09. The van der Waals surface area contributed by atoms with Gasteiger partial charge in [0.05, 0.1) is 0 Å². The molecule has 0 aromatic heterocycles. The van der Waals surface area contributed by atoms with Gasteiger partial charge in [0, 0.05) is 19.1 Å². The Labute approximate surface area is 43.3 Å². The van der Waals surface area contributed by atoms with Crippen molar-refractivity contribution < 1.29 is 0 Å². The molecule has 7 heavy (non-hydrogen) atoms. The number of hydrogen-bond acceptors (Lipinski definition) is 1. The largest absolute Gasteiger partial charge is 0.297 e. The van der Waals surface area contributed by atoms with Gasteiger partial charge in [0.1, 0.15) is 0 Å². The maximum absolute atomic E-state index is 2.60.